The van der Waals surface area contributed by atoms with Crippen LogP contribution in [0.15, 0.2) is 0 Å². The molecule has 0 N–H and O–H groups in total. The summed E-state index contributed by atoms with van der Waals surface area (Å²) in [7, 11) is 2.14. The van der Waals surface area contributed by atoms with Crippen LogP contribution in [-0.2, 0) is 4.74 Å². The molecule has 0 spiro atoms. The highest BCUT2D eigenvalue weighted by atomic mass is 16.5. The van der Waals surface area contributed by atoms with Gasteiger partial charge in [0.1, 0.15) is 0 Å². The zero-order chi connectivity index (χ0) is 10.9. The summed E-state index contributed by atoms with van der Waals surface area (Å²) in [5.74, 6) is 0. The number of ether oxygens (including phenoxy) is 1. The van der Waals surface area contributed by atoms with Gasteiger partial charge in [0, 0.05) is 12.6 Å². The third-order valence-corrected chi connectivity index (χ3v) is 1.92. The van der Waals surface area contributed by atoms with Crippen molar-refractivity contribution < 1.29 is 4.74 Å². The molecule has 2 nitrogen and oxygen atoms in total. The Morgan fingerprint density at radius 1 is 1.08 bits per heavy atom. The number of nitrogens with zero attached hydrogens (tertiary/aromatic N) is 1. The predicted molar refractivity (Wildman–Crippen MR) is 60.2 cm³/mol. The van der Waals surface area contributed by atoms with E-state index < -0.39 is 0 Å². The van der Waals surface area contributed by atoms with E-state index in [0.29, 0.717) is 12.1 Å². The summed E-state index contributed by atoms with van der Waals surface area (Å²) in [6, 6.07) is 0.598. The van der Waals surface area contributed by atoms with E-state index in [9.17, 15) is 0 Å². The van der Waals surface area contributed by atoms with E-state index in [1.807, 2.05) is 27.7 Å². The van der Waals surface area contributed by atoms with E-state index in [1.165, 1.54) is 0 Å². The molecule has 13 heavy (non-hydrogen) atoms. The van der Waals surface area contributed by atoms with Crippen LogP contribution in [0.25, 0.3) is 0 Å². The average molecular weight is 189 g/mol. The van der Waals surface area contributed by atoms with Crippen LogP contribution < -0.4 is 0 Å². The van der Waals surface area contributed by atoms with Crippen LogP contribution in [0.4, 0.5) is 0 Å². The first kappa shape index (κ1) is 15.4. The van der Waals surface area contributed by atoms with Gasteiger partial charge in [0.15, 0.2) is 0 Å². The van der Waals surface area contributed by atoms with E-state index in [2.05, 4.69) is 25.8 Å². The van der Waals surface area contributed by atoms with Gasteiger partial charge in [-0.3, -0.25) is 4.90 Å². The third-order valence-electron chi connectivity index (χ3n) is 1.92. The van der Waals surface area contributed by atoms with Gasteiger partial charge in [-0.25, -0.2) is 0 Å². The van der Waals surface area contributed by atoms with E-state index in [-0.39, 0.29) is 0 Å². The minimum atomic E-state index is 0.422. The van der Waals surface area contributed by atoms with Gasteiger partial charge in [-0.15, -0.1) is 0 Å². The van der Waals surface area contributed by atoms with Crippen LogP contribution in [0.3, 0.4) is 0 Å². The summed E-state index contributed by atoms with van der Waals surface area (Å²) < 4.78 is 5.42. The monoisotopic (exact) mass is 189 g/mol. The van der Waals surface area contributed by atoms with Crippen molar-refractivity contribution in [3.63, 3.8) is 0 Å². The van der Waals surface area contributed by atoms with Gasteiger partial charge in [-0.2, -0.15) is 0 Å². The highest BCUT2D eigenvalue weighted by molar-refractivity contribution is 4.71. The molecule has 0 saturated carbocycles. The molecule has 1 fully saturated rings. The first-order valence-corrected chi connectivity index (χ1v) is 5.52. The van der Waals surface area contributed by atoms with Crippen molar-refractivity contribution in [2.45, 2.75) is 53.7 Å². The fourth-order valence-electron chi connectivity index (χ4n) is 1.07. The maximum Gasteiger partial charge on any atom is 0.0674 e. The lowest BCUT2D eigenvalue weighted by molar-refractivity contribution is -0.0388. The minimum Gasteiger partial charge on any atom is -0.376 e. The molecule has 2 unspecified atom stereocenters. The molecule has 0 aromatic heterocycles. The largest absolute Gasteiger partial charge is 0.376 e. The van der Waals surface area contributed by atoms with E-state index in [4.69, 9.17) is 4.74 Å². The first-order chi connectivity index (χ1) is 6.20. The highest BCUT2D eigenvalue weighted by Crippen LogP contribution is 2.07. The summed E-state index contributed by atoms with van der Waals surface area (Å²) in [5.41, 5.74) is 0. The standard InChI is InChI=1S/C7H15NO.2C2H6/c1-6-5-9-7(2)4-8(6)3;2*1-2/h6-7H,4-5H2,1-3H3;2*1-2H3. The van der Waals surface area contributed by atoms with E-state index in [0.717, 1.165) is 13.2 Å². The fraction of sp³-hybridized carbons (Fsp3) is 1.00. The first-order valence-electron chi connectivity index (χ1n) is 5.52. The molecule has 1 heterocycles. The van der Waals surface area contributed by atoms with Crippen LogP contribution in [0, 0.1) is 0 Å². The second kappa shape index (κ2) is 10.0. The maximum absolute atomic E-state index is 5.42. The molecule has 0 aromatic carbocycles. The van der Waals surface area contributed by atoms with Gasteiger partial charge < -0.3 is 4.74 Å². The van der Waals surface area contributed by atoms with Crippen molar-refractivity contribution in [3.8, 4) is 0 Å². The molecule has 0 radical (unpaired) electrons. The Bertz CT molecular complexity index is 96.1. The van der Waals surface area contributed by atoms with Gasteiger partial charge in [-0.05, 0) is 20.9 Å². The van der Waals surface area contributed by atoms with Gasteiger partial charge in [0.05, 0.1) is 12.7 Å². The summed E-state index contributed by atoms with van der Waals surface area (Å²) in [4.78, 5) is 2.33. The summed E-state index contributed by atoms with van der Waals surface area (Å²) in [6.07, 6.45) is 0.422. The molecule has 1 saturated heterocycles. The van der Waals surface area contributed by atoms with Crippen molar-refractivity contribution in [3.05, 3.63) is 0 Å². The normalized spacial score (nSPS) is 27.9. The van der Waals surface area contributed by atoms with Crippen molar-refractivity contribution >= 4 is 0 Å². The second-order valence-corrected chi connectivity index (χ2v) is 2.93. The molecule has 82 valence electrons. The smallest absolute Gasteiger partial charge is 0.0674 e. The lowest BCUT2D eigenvalue weighted by atomic mass is 10.2. The summed E-state index contributed by atoms with van der Waals surface area (Å²) in [5, 5.41) is 0. The lowest BCUT2D eigenvalue weighted by Crippen LogP contribution is -2.44. The van der Waals surface area contributed by atoms with Crippen molar-refractivity contribution in [2.75, 3.05) is 20.2 Å². The molecule has 0 aliphatic carbocycles. The van der Waals surface area contributed by atoms with Gasteiger partial charge in [0.25, 0.3) is 0 Å². The summed E-state index contributed by atoms with van der Waals surface area (Å²) in [6.45, 7) is 14.3. The van der Waals surface area contributed by atoms with Crippen LogP contribution in [-0.4, -0.2) is 37.2 Å². The van der Waals surface area contributed by atoms with Crippen molar-refractivity contribution in [1.29, 1.82) is 0 Å². The zero-order valence-corrected chi connectivity index (χ0v) is 10.4. The Morgan fingerprint density at radius 3 is 1.85 bits per heavy atom. The Morgan fingerprint density at radius 2 is 1.54 bits per heavy atom. The number of rotatable bonds is 0. The molecule has 1 aliphatic rings. The molecular weight excluding hydrogens is 162 g/mol. The third kappa shape index (κ3) is 7.03. The van der Waals surface area contributed by atoms with Gasteiger partial charge in [0.2, 0.25) is 0 Å². The van der Waals surface area contributed by atoms with Gasteiger partial charge >= 0.3 is 0 Å². The molecule has 0 bridgehead atoms. The predicted octanol–water partition coefficient (Wildman–Crippen LogP) is 2.78. The minimum absolute atomic E-state index is 0.422. The van der Waals surface area contributed by atoms with Crippen LogP contribution in [0.5, 0.6) is 0 Å². The quantitative estimate of drug-likeness (QED) is 0.581. The topological polar surface area (TPSA) is 12.5 Å². The molecule has 0 aromatic rings. The number of morpholine rings is 1. The number of hydrogen-bond donors (Lipinski definition) is 0. The van der Waals surface area contributed by atoms with Crippen molar-refractivity contribution in [1.82, 2.24) is 4.90 Å². The zero-order valence-electron chi connectivity index (χ0n) is 10.4. The van der Waals surface area contributed by atoms with Gasteiger partial charge in [-0.1, -0.05) is 27.7 Å². The second-order valence-electron chi connectivity index (χ2n) is 2.93. The van der Waals surface area contributed by atoms with Crippen LogP contribution in [0.1, 0.15) is 41.5 Å². The van der Waals surface area contributed by atoms with E-state index >= 15 is 0 Å². The Hall–Kier alpha value is -0.0800. The molecule has 2 heteroatoms. The van der Waals surface area contributed by atoms with Crippen molar-refractivity contribution in [2.24, 2.45) is 0 Å². The maximum atomic E-state index is 5.42. The molecule has 1 rings (SSSR count). The molecule has 2 atom stereocenters. The van der Waals surface area contributed by atoms with E-state index in [1.54, 1.807) is 0 Å². The highest BCUT2D eigenvalue weighted by Gasteiger charge is 2.18. The van der Waals surface area contributed by atoms with Crippen LogP contribution >= 0.6 is 0 Å². The SMILES string of the molecule is CC.CC.CC1CN(C)C(C)CO1. The average Bonchev–Trinajstić information content (AvgIpc) is 2.18. The molecule has 1 aliphatic heterocycles. The Kier molecular flexibility index (Phi) is 11.8. The molecule has 0 amide bonds. The lowest BCUT2D eigenvalue weighted by Gasteiger charge is -2.33. The van der Waals surface area contributed by atoms with Crippen LogP contribution in [0.2, 0.25) is 0 Å². The Balaban J connectivity index is 0. The number of hydrogen-bond acceptors (Lipinski definition) is 2. The Labute approximate surface area is 84.3 Å². The summed E-state index contributed by atoms with van der Waals surface area (Å²) >= 11 is 0. The fourth-order valence-corrected chi connectivity index (χ4v) is 1.07. The number of likely N-dealkylation sites (N-methyl/N-ethyl adjacent to an activating group) is 1. The molecular formula is C11H27NO.